The number of Topliss-reactive ketones (excluding diaryl/α,β-unsaturated/α-hetero) is 1. The third-order valence-electron chi connectivity index (χ3n) is 4.55. The van der Waals surface area contributed by atoms with Crippen LogP contribution in [0.4, 0.5) is 0 Å². The molecule has 0 fully saturated rings. The minimum atomic E-state index is -0.0156. The monoisotopic (exact) mass is 384 g/mol. The zero-order valence-electron chi connectivity index (χ0n) is 15.0. The fourth-order valence-corrected chi connectivity index (χ4v) is 5.94. The topological polar surface area (TPSA) is 55.0 Å². The van der Waals surface area contributed by atoms with Crippen molar-refractivity contribution in [3.8, 4) is 16.3 Å². The maximum atomic E-state index is 12.9. The Kier molecular flexibility index (Phi) is 4.40. The van der Waals surface area contributed by atoms with Crippen LogP contribution in [0.3, 0.4) is 0 Å². The molecule has 0 unspecified atom stereocenters. The van der Waals surface area contributed by atoms with E-state index in [2.05, 4.69) is 24.0 Å². The van der Waals surface area contributed by atoms with E-state index in [9.17, 15) is 4.79 Å². The Morgan fingerprint density at radius 1 is 1.19 bits per heavy atom. The number of hydrogen-bond acceptors (Lipinski definition) is 5. The molecule has 0 radical (unpaired) electrons. The van der Waals surface area contributed by atoms with E-state index in [4.69, 9.17) is 4.74 Å². The van der Waals surface area contributed by atoms with Crippen molar-refractivity contribution in [2.75, 3.05) is 7.11 Å². The van der Waals surface area contributed by atoms with Crippen LogP contribution in [0.2, 0.25) is 0 Å². The number of benzene rings is 1. The maximum absolute atomic E-state index is 12.9. The predicted octanol–water partition coefficient (Wildman–Crippen LogP) is 5.45. The van der Waals surface area contributed by atoms with Crippen LogP contribution >= 0.6 is 23.1 Å². The summed E-state index contributed by atoms with van der Waals surface area (Å²) in [5.41, 5.74) is 2.95. The molecule has 1 aliphatic carbocycles. The largest absolute Gasteiger partial charge is 0.497 e. The number of methoxy groups -OCH3 is 1. The highest BCUT2D eigenvalue weighted by Gasteiger charge is 2.36. The van der Waals surface area contributed by atoms with E-state index in [1.54, 1.807) is 30.2 Å². The van der Waals surface area contributed by atoms with Crippen molar-refractivity contribution in [2.24, 2.45) is 5.41 Å². The lowest BCUT2D eigenvalue weighted by Crippen LogP contribution is -2.26. The van der Waals surface area contributed by atoms with Gasteiger partial charge in [0.2, 0.25) is 0 Å². The van der Waals surface area contributed by atoms with Crippen molar-refractivity contribution >= 4 is 28.9 Å². The van der Waals surface area contributed by atoms with Gasteiger partial charge < -0.3 is 4.74 Å². The first-order valence-corrected chi connectivity index (χ1v) is 10.1. The van der Waals surface area contributed by atoms with Gasteiger partial charge >= 0.3 is 0 Å². The number of ether oxygens (including phenoxy) is 1. The number of ketones is 1. The van der Waals surface area contributed by atoms with E-state index in [0.29, 0.717) is 6.42 Å². The number of rotatable bonds is 4. The summed E-state index contributed by atoms with van der Waals surface area (Å²) >= 11 is 3.32. The van der Waals surface area contributed by atoms with Gasteiger partial charge in [-0.3, -0.25) is 9.89 Å². The lowest BCUT2D eigenvalue weighted by molar-refractivity contribution is 0.0910. The van der Waals surface area contributed by atoms with Crippen molar-refractivity contribution in [1.82, 2.24) is 10.2 Å². The highest BCUT2D eigenvalue weighted by molar-refractivity contribution is 8.01. The summed E-state index contributed by atoms with van der Waals surface area (Å²) in [6.07, 6.45) is 3.32. The maximum Gasteiger partial charge on any atom is 0.165 e. The molecule has 0 atom stereocenters. The van der Waals surface area contributed by atoms with Gasteiger partial charge in [-0.05, 0) is 47.7 Å². The number of aromatic amines is 1. The molecule has 3 aromatic rings. The number of carbonyl (C=O) groups excluding carboxylic acids is 1. The van der Waals surface area contributed by atoms with E-state index in [0.717, 1.165) is 43.0 Å². The quantitative estimate of drug-likeness (QED) is 0.649. The molecule has 0 saturated carbocycles. The molecule has 4 rings (SSSR count). The Balaban J connectivity index is 1.79. The molecule has 1 aliphatic rings. The van der Waals surface area contributed by atoms with Crippen LogP contribution in [0.25, 0.3) is 10.6 Å². The van der Waals surface area contributed by atoms with Crippen LogP contribution in [-0.2, 0) is 6.42 Å². The van der Waals surface area contributed by atoms with E-state index < -0.39 is 0 Å². The molecule has 6 heteroatoms. The molecular weight excluding hydrogens is 364 g/mol. The highest BCUT2D eigenvalue weighted by atomic mass is 32.2. The number of nitrogens with zero attached hydrogens (tertiary/aromatic N) is 1. The molecule has 4 nitrogen and oxygen atoms in total. The van der Waals surface area contributed by atoms with Gasteiger partial charge in [0, 0.05) is 23.1 Å². The van der Waals surface area contributed by atoms with E-state index >= 15 is 0 Å². The van der Waals surface area contributed by atoms with Crippen LogP contribution in [-0.4, -0.2) is 23.1 Å². The molecule has 2 heterocycles. The fraction of sp³-hybridized carbons (Fsp3) is 0.300. The van der Waals surface area contributed by atoms with E-state index in [1.807, 2.05) is 36.5 Å². The van der Waals surface area contributed by atoms with Crippen LogP contribution in [0.5, 0.6) is 5.75 Å². The molecular formula is C20H20N2O2S2. The molecule has 1 aromatic carbocycles. The first-order valence-electron chi connectivity index (χ1n) is 8.48. The van der Waals surface area contributed by atoms with Gasteiger partial charge in [-0.25, -0.2) is 0 Å². The number of aromatic nitrogens is 2. The third-order valence-corrected chi connectivity index (χ3v) is 7.00. The lowest BCUT2D eigenvalue weighted by Gasteiger charge is -2.29. The minimum Gasteiger partial charge on any atom is -0.497 e. The fourth-order valence-electron chi connectivity index (χ4n) is 3.37. The number of fused-ring (bicyclic) bond motifs is 1. The van der Waals surface area contributed by atoms with Crippen LogP contribution in [0.1, 0.15) is 36.2 Å². The Morgan fingerprint density at radius 2 is 1.96 bits per heavy atom. The van der Waals surface area contributed by atoms with Gasteiger partial charge in [0.05, 0.1) is 16.2 Å². The average molecular weight is 385 g/mol. The summed E-state index contributed by atoms with van der Waals surface area (Å²) in [5, 5.41) is 7.25. The smallest absolute Gasteiger partial charge is 0.165 e. The lowest BCUT2D eigenvalue weighted by atomic mass is 9.74. The second-order valence-corrected chi connectivity index (χ2v) is 9.61. The van der Waals surface area contributed by atoms with Crippen molar-refractivity contribution in [2.45, 2.75) is 35.8 Å². The number of carbonyl (C=O) groups is 1. The zero-order valence-corrected chi connectivity index (χ0v) is 16.6. The molecule has 0 amide bonds. The molecule has 1 N–H and O–H groups in total. The molecule has 0 saturated heterocycles. The number of hydrogen-bond donors (Lipinski definition) is 1. The SMILES string of the molecule is COc1ccc(Sc2sc(-c3cc[nH]n3)c3c2C(=O)CC(C)(C)C3)cc1. The molecule has 0 aliphatic heterocycles. The molecule has 134 valence electrons. The van der Waals surface area contributed by atoms with Crippen molar-refractivity contribution < 1.29 is 9.53 Å². The first-order chi connectivity index (χ1) is 12.5. The number of thiophene rings is 1. The normalized spacial score (nSPS) is 15.7. The number of H-pyrrole nitrogens is 1. The molecule has 26 heavy (non-hydrogen) atoms. The van der Waals surface area contributed by atoms with Crippen LogP contribution < -0.4 is 4.74 Å². The number of nitrogens with one attached hydrogen (secondary N) is 1. The van der Waals surface area contributed by atoms with Crippen molar-refractivity contribution in [3.05, 3.63) is 47.7 Å². The zero-order chi connectivity index (χ0) is 18.3. The van der Waals surface area contributed by atoms with E-state index in [1.165, 1.54) is 0 Å². The Morgan fingerprint density at radius 3 is 2.62 bits per heavy atom. The second kappa shape index (κ2) is 6.59. The highest BCUT2D eigenvalue weighted by Crippen LogP contribution is 2.49. The molecule has 2 aromatic heterocycles. The van der Waals surface area contributed by atoms with Gasteiger partial charge in [0.1, 0.15) is 11.4 Å². The van der Waals surface area contributed by atoms with Gasteiger partial charge in [-0.15, -0.1) is 11.3 Å². The van der Waals surface area contributed by atoms with Gasteiger partial charge in [-0.1, -0.05) is 25.6 Å². The van der Waals surface area contributed by atoms with Crippen LogP contribution in [0, 0.1) is 5.41 Å². The summed E-state index contributed by atoms with van der Waals surface area (Å²) in [6.45, 7) is 4.33. The third kappa shape index (κ3) is 3.19. The first kappa shape index (κ1) is 17.4. The van der Waals surface area contributed by atoms with Crippen molar-refractivity contribution in [3.63, 3.8) is 0 Å². The van der Waals surface area contributed by atoms with Gasteiger partial charge in [-0.2, -0.15) is 5.10 Å². The molecule has 0 bridgehead atoms. The van der Waals surface area contributed by atoms with E-state index in [-0.39, 0.29) is 11.2 Å². The standard InChI is InChI=1S/C20H20N2O2S2/c1-20(2)10-14-17(16(23)11-20)19(26-18(14)15-8-9-21-22-15)25-13-6-4-12(24-3)5-7-13/h4-9H,10-11H2,1-3H3,(H,21,22). The second-order valence-electron chi connectivity index (χ2n) is 7.25. The Hall–Kier alpha value is -2.05. The summed E-state index contributed by atoms with van der Waals surface area (Å²) < 4.78 is 6.29. The Labute approximate surface area is 161 Å². The van der Waals surface area contributed by atoms with Gasteiger partial charge in [0.15, 0.2) is 5.78 Å². The Bertz CT molecular complexity index is 941. The van der Waals surface area contributed by atoms with Gasteiger partial charge in [0.25, 0.3) is 0 Å². The minimum absolute atomic E-state index is 0.0156. The summed E-state index contributed by atoms with van der Waals surface area (Å²) in [4.78, 5) is 15.1. The predicted molar refractivity (Wildman–Crippen MR) is 105 cm³/mol. The summed E-state index contributed by atoms with van der Waals surface area (Å²) in [7, 11) is 1.66. The molecule has 0 spiro atoms. The van der Waals surface area contributed by atoms with Crippen molar-refractivity contribution in [1.29, 1.82) is 0 Å². The average Bonchev–Trinajstić information content (AvgIpc) is 3.22. The summed E-state index contributed by atoms with van der Waals surface area (Å²) in [6, 6.07) is 9.92. The van der Waals surface area contributed by atoms with Crippen LogP contribution in [0.15, 0.2) is 45.6 Å². The summed E-state index contributed by atoms with van der Waals surface area (Å²) in [5.74, 6) is 1.07.